The van der Waals surface area contributed by atoms with Gasteiger partial charge in [-0.2, -0.15) is 0 Å². The Balaban J connectivity index is 1.55. The molecule has 0 amide bonds. The smallest absolute Gasteiger partial charge is 0.335 e. The van der Waals surface area contributed by atoms with Crippen molar-refractivity contribution < 1.29 is 28.6 Å². The topological polar surface area (TPSA) is 78.9 Å². The minimum Gasteiger partial charge on any atom is -0.490 e. The summed E-state index contributed by atoms with van der Waals surface area (Å²) in [7, 11) is 0. The molecule has 0 aliphatic carbocycles. The summed E-state index contributed by atoms with van der Waals surface area (Å²) >= 11 is 1.08. The van der Waals surface area contributed by atoms with Crippen molar-refractivity contribution in [3.05, 3.63) is 109 Å². The summed E-state index contributed by atoms with van der Waals surface area (Å²) in [5.41, 5.74) is 4.08. The molecule has 0 N–H and O–H groups in total. The molecule has 0 bridgehead atoms. The van der Waals surface area contributed by atoms with E-state index < -0.39 is 11.9 Å². The fraction of sp³-hybridized carbons (Fsp3) is 0.100. The molecule has 37 heavy (non-hydrogen) atoms. The second-order valence-electron chi connectivity index (χ2n) is 7.67. The lowest BCUT2D eigenvalue weighted by atomic mass is 9.98. The quantitative estimate of drug-likeness (QED) is 0.0992. The Morgan fingerprint density at radius 1 is 0.838 bits per heavy atom. The van der Waals surface area contributed by atoms with E-state index >= 15 is 0 Å². The van der Waals surface area contributed by atoms with Crippen LogP contribution in [0.15, 0.2) is 103 Å². The molecule has 0 unspecified atom stereocenters. The summed E-state index contributed by atoms with van der Waals surface area (Å²) in [5, 5.41) is -0.118. The minimum absolute atomic E-state index is 0.118. The van der Waals surface area contributed by atoms with Crippen molar-refractivity contribution in [1.82, 2.24) is 0 Å². The van der Waals surface area contributed by atoms with Gasteiger partial charge < -0.3 is 14.2 Å². The summed E-state index contributed by atoms with van der Waals surface area (Å²) in [4.78, 5) is 35.4. The summed E-state index contributed by atoms with van der Waals surface area (Å²) in [5.74, 6) is 0.0591. The first-order chi connectivity index (χ1) is 17.9. The van der Waals surface area contributed by atoms with Gasteiger partial charge in [0, 0.05) is 17.0 Å². The van der Waals surface area contributed by atoms with Gasteiger partial charge in [0.15, 0.2) is 0 Å². The molecule has 0 aliphatic heterocycles. The molecule has 0 aromatic heterocycles. The third-order valence-electron chi connectivity index (χ3n) is 5.02. The van der Waals surface area contributed by atoms with Gasteiger partial charge >= 0.3 is 11.9 Å². The number of hydrogen-bond donors (Lipinski definition) is 0. The molecule has 6 nitrogen and oxygen atoms in total. The van der Waals surface area contributed by atoms with E-state index in [9.17, 15) is 14.4 Å². The van der Waals surface area contributed by atoms with Crippen LogP contribution in [0.25, 0.3) is 17.2 Å². The van der Waals surface area contributed by atoms with Gasteiger partial charge in [-0.1, -0.05) is 49.6 Å². The number of aryl methyl sites for hydroxylation is 1. The Morgan fingerprint density at radius 2 is 1.51 bits per heavy atom. The molecule has 3 aromatic carbocycles. The second-order valence-corrected chi connectivity index (χ2v) is 8.75. The molecule has 3 aromatic rings. The molecule has 0 heterocycles. The zero-order chi connectivity index (χ0) is 26.6. The molecule has 0 atom stereocenters. The van der Waals surface area contributed by atoms with Crippen molar-refractivity contribution in [3.8, 4) is 22.6 Å². The fourth-order valence-electron chi connectivity index (χ4n) is 3.25. The van der Waals surface area contributed by atoms with Crippen molar-refractivity contribution in [2.75, 3.05) is 13.2 Å². The Labute approximate surface area is 220 Å². The van der Waals surface area contributed by atoms with E-state index in [4.69, 9.17) is 14.2 Å². The van der Waals surface area contributed by atoms with Gasteiger partial charge in [-0.05, 0) is 83.4 Å². The zero-order valence-electron chi connectivity index (χ0n) is 20.3. The van der Waals surface area contributed by atoms with Crippen molar-refractivity contribution in [2.45, 2.75) is 11.8 Å². The van der Waals surface area contributed by atoms with Crippen LogP contribution in [0, 0.1) is 6.92 Å². The first-order valence-electron chi connectivity index (χ1n) is 11.3. The second kappa shape index (κ2) is 13.7. The van der Waals surface area contributed by atoms with Gasteiger partial charge in [0.2, 0.25) is 5.12 Å². The van der Waals surface area contributed by atoms with Crippen molar-refractivity contribution in [2.24, 2.45) is 0 Å². The van der Waals surface area contributed by atoms with Crippen LogP contribution in [0.5, 0.6) is 11.5 Å². The molecule has 0 fully saturated rings. The Bertz CT molecular complexity index is 1310. The lowest BCUT2D eigenvalue weighted by molar-refractivity contribution is -0.138. The predicted molar refractivity (Wildman–Crippen MR) is 145 cm³/mol. The standard InChI is InChI=1S/C30H26O6S/c1-4-28(31)35-19-18-34-24-10-8-23(9-11-24)27-16-6-22(20-21(27)3)7-17-30(33)37-26-14-12-25(13-15-26)36-29(32)5-2/h4-17,20H,1-2,18-19H2,3H3/b17-7+. The number of benzene rings is 3. The summed E-state index contributed by atoms with van der Waals surface area (Å²) in [6.07, 6.45) is 5.51. The third kappa shape index (κ3) is 8.66. The largest absolute Gasteiger partial charge is 0.490 e. The summed E-state index contributed by atoms with van der Waals surface area (Å²) < 4.78 is 15.5. The number of thioether (sulfide) groups is 1. The maximum atomic E-state index is 12.4. The fourth-order valence-corrected chi connectivity index (χ4v) is 3.89. The van der Waals surface area contributed by atoms with Gasteiger partial charge in [-0.3, -0.25) is 4.79 Å². The molecule has 7 heteroatoms. The van der Waals surface area contributed by atoms with Gasteiger partial charge in [0.1, 0.15) is 24.7 Å². The molecular formula is C30H26O6S. The average Bonchev–Trinajstić information content (AvgIpc) is 2.91. The molecule has 0 saturated heterocycles. The minimum atomic E-state index is -0.535. The Hall–Kier alpha value is -4.36. The summed E-state index contributed by atoms with van der Waals surface area (Å²) in [6.45, 7) is 9.13. The van der Waals surface area contributed by atoms with E-state index in [0.717, 1.165) is 51.1 Å². The predicted octanol–water partition coefficient (Wildman–Crippen LogP) is 6.19. The number of carbonyl (C=O) groups is 3. The van der Waals surface area contributed by atoms with Crippen LogP contribution in [-0.4, -0.2) is 30.3 Å². The zero-order valence-corrected chi connectivity index (χ0v) is 21.2. The SMILES string of the molecule is C=CC(=O)OCCOc1ccc(-c2ccc(/C=C/C(=O)Sc3ccc(OC(=O)C=C)cc3)cc2C)cc1. The highest BCUT2D eigenvalue weighted by Gasteiger charge is 2.06. The molecule has 0 spiro atoms. The maximum Gasteiger partial charge on any atom is 0.335 e. The normalized spacial score (nSPS) is 10.5. The lowest BCUT2D eigenvalue weighted by Crippen LogP contribution is -2.10. The van der Waals surface area contributed by atoms with E-state index in [2.05, 4.69) is 13.2 Å². The number of carbonyl (C=O) groups excluding carboxylic acids is 3. The molecule has 0 aliphatic rings. The number of esters is 2. The van der Waals surface area contributed by atoms with Crippen LogP contribution >= 0.6 is 11.8 Å². The van der Waals surface area contributed by atoms with E-state index in [0.29, 0.717) is 11.5 Å². The van der Waals surface area contributed by atoms with E-state index in [1.807, 2.05) is 49.4 Å². The van der Waals surface area contributed by atoms with Crippen LogP contribution in [0.4, 0.5) is 0 Å². The van der Waals surface area contributed by atoms with E-state index in [1.165, 1.54) is 6.08 Å². The number of ether oxygens (including phenoxy) is 3. The number of hydrogen-bond acceptors (Lipinski definition) is 7. The van der Waals surface area contributed by atoms with Crippen LogP contribution in [0.2, 0.25) is 0 Å². The molecule has 188 valence electrons. The van der Waals surface area contributed by atoms with E-state index in [1.54, 1.807) is 30.3 Å². The monoisotopic (exact) mass is 514 g/mol. The third-order valence-corrected chi connectivity index (χ3v) is 5.86. The summed E-state index contributed by atoms with van der Waals surface area (Å²) in [6, 6.07) is 20.3. The highest BCUT2D eigenvalue weighted by atomic mass is 32.2. The van der Waals surface area contributed by atoms with Gasteiger partial charge in [0.05, 0.1) is 0 Å². The van der Waals surface area contributed by atoms with Gasteiger partial charge in [0.25, 0.3) is 0 Å². The van der Waals surface area contributed by atoms with Crippen molar-refractivity contribution >= 4 is 34.9 Å². The van der Waals surface area contributed by atoms with Crippen molar-refractivity contribution in [3.63, 3.8) is 0 Å². The maximum absolute atomic E-state index is 12.4. The number of rotatable bonds is 11. The highest BCUT2D eigenvalue weighted by Crippen LogP contribution is 2.27. The van der Waals surface area contributed by atoms with Crippen LogP contribution in [0.3, 0.4) is 0 Å². The lowest BCUT2D eigenvalue weighted by Gasteiger charge is -2.10. The molecule has 0 radical (unpaired) electrons. The first kappa shape index (κ1) is 27.2. The molecule has 0 saturated carbocycles. The Kier molecular flexibility index (Phi) is 10.0. The van der Waals surface area contributed by atoms with Crippen LogP contribution in [-0.2, 0) is 19.1 Å². The van der Waals surface area contributed by atoms with E-state index in [-0.39, 0.29) is 18.3 Å². The van der Waals surface area contributed by atoms with Gasteiger partial charge in [-0.25, -0.2) is 9.59 Å². The van der Waals surface area contributed by atoms with Crippen LogP contribution in [0.1, 0.15) is 11.1 Å². The first-order valence-corrected chi connectivity index (χ1v) is 12.2. The van der Waals surface area contributed by atoms with Crippen molar-refractivity contribution in [1.29, 1.82) is 0 Å². The molecular weight excluding hydrogens is 488 g/mol. The van der Waals surface area contributed by atoms with Crippen LogP contribution < -0.4 is 9.47 Å². The average molecular weight is 515 g/mol. The Morgan fingerprint density at radius 3 is 2.16 bits per heavy atom. The molecule has 3 rings (SSSR count). The highest BCUT2D eigenvalue weighted by molar-refractivity contribution is 8.14. The van der Waals surface area contributed by atoms with Gasteiger partial charge in [-0.15, -0.1) is 0 Å².